The number of likely N-dealkylation sites (tertiary alicyclic amines) is 1. The van der Waals surface area contributed by atoms with E-state index in [4.69, 9.17) is 9.72 Å². The van der Waals surface area contributed by atoms with E-state index in [1.165, 1.54) is 5.56 Å². The molecule has 1 unspecified atom stereocenters. The van der Waals surface area contributed by atoms with Gasteiger partial charge in [0.25, 0.3) is 0 Å². The van der Waals surface area contributed by atoms with Crippen molar-refractivity contribution in [2.45, 2.75) is 51.7 Å². The van der Waals surface area contributed by atoms with Crippen LogP contribution in [0.5, 0.6) is 0 Å². The van der Waals surface area contributed by atoms with Crippen LogP contribution in [-0.4, -0.2) is 54.1 Å². The second-order valence-corrected chi connectivity index (χ2v) is 10.4. The summed E-state index contributed by atoms with van der Waals surface area (Å²) in [6.45, 7) is 7.62. The number of hydrogen-bond donors (Lipinski definition) is 1. The van der Waals surface area contributed by atoms with Crippen LogP contribution in [0.1, 0.15) is 50.8 Å². The number of fused-ring (bicyclic) bond motifs is 1. The maximum Gasteiger partial charge on any atom is 0.410 e. The van der Waals surface area contributed by atoms with Crippen LogP contribution in [0.4, 0.5) is 10.6 Å². The lowest BCUT2D eigenvalue weighted by molar-refractivity contribution is 0.0197. The van der Waals surface area contributed by atoms with Crippen LogP contribution in [0.3, 0.4) is 0 Å². The van der Waals surface area contributed by atoms with E-state index in [0.29, 0.717) is 19.6 Å². The van der Waals surface area contributed by atoms with Crippen molar-refractivity contribution in [1.29, 1.82) is 0 Å². The zero-order chi connectivity index (χ0) is 25.3. The molecule has 1 aliphatic rings. The van der Waals surface area contributed by atoms with E-state index in [1.807, 2.05) is 69.1 Å². The molecule has 0 radical (unpaired) electrons. The SMILES string of the molecule is Cn1cc(-c2cnn3c(NCc4ccccc4)cc(C4CCCN(C(=O)OC(C)(C)C)C4)nc23)cn1. The first-order valence-corrected chi connectivity index (χ1v) is 12.4. The first kappa shape index (κ1) is 23.8. The van der Waals surface area contributed by atoms with Crippen molar-refractivity contribution in [2.24, 2.45) is 7.05 Å². The normalized spacial score (nSPS) is 16.3. The number of amides is 1. The highest BCUT2D eigenvalue weighted by Gasteiger charge is 2.30. The minimum absolute atomic E-state index is 0.102. The fraction of sp³-hybridized carbons (Fsp3) is 0.407. The molecule has 9 nitrogen and oxygen atoms in total. The average Bonchev–Trinajstić information content (AvgIpc) is 3.48. The number of anilines is 1. The molecule has 0 bridgehead atoms. The molecule has 1 fully saturated rings. The van der Waals surface area contributed by atoms with Gasteiger partial charge in [0.2, 0.25) is 0 Å². The first-order valence-electron chi connectivity index (χ1n) is 12.4. The van der Waals surface area contributed by atoms with E-state index < -0.39 is 5.60 Å². The van der Waals surface area contributed by atoms with Crippen LogP contribution < -0.4 is 5.32 Å². The smallest absolute Gasteiger partial charge is 0.410 e. The topological polar surface area (TPSA) is 89.6 Å². The Morgan fingerprint density at radius 3 is 2.69 bits per heavy atom. The summed E-state index contributed by atoms with van der Waals surface area (Å²) in [5.74, 6) is 0.966. The van der Waals surface area contributed by atoms with Crippen molar-refractivity contribution in [3.63, 3.8) is 0 Å². The van der Waals surface area contributed by atoms with E-state index in [9.17, 15) is 4.79 Å². The number of hydrogen-bond acceptors (Lipinski definition) is 6. The molecular formula is C27H33N7O2. The molecule has 188 valence electrons. The van der Waals surface area contributed by atoms with Crippen LogP contribution in [0.2, 0.25) is 0 Å². The lowest BCUT2D eigenvalue weighted by atomic mass is 9.94. The molecule has 0 aliphatic carbocycles. The van der Waals surface area contributed by atoms with Gasteiger partial charge in [-0.2, -0.15) is 14.7 Å². The van der Waals surface area contributed by atoms with Crippen LogP contribution in [0, 0.1) is 0 Å². The lowest BCUT2D eigenvalue weighted by Gasteiger charge is -2.34. The molecule has 9 heteroatoms. The van der Waals surface area contributed by atoms with Gasteiger partial charge in [-0.1, -0.05) is 30.3 Å². The summed E-state index contributed by atoms with van der Waals surface area (Å²) in [7, 11) is 1.90. The van der Waals surface area contributed by atoms with Gasteiger partial charge in [0.1, 0.15) is 11.4 Å². The molecule has 3 aromatic heterocycles. The maximum atomic E-state index is 12.8. The van der Waals surface area contributed by atoms with Gasteiger partial charge in [-0.05, 0) is 39.2 Å². The number of rotatable bonds is 5. The maximum absolute atomic E-state index is 12.8. The van der Waals surface area contributed by atoms with Crippen LogP contribution in [0.15, 0.2) is 55.0 Å². The third-order valence-electron chi connectivity index (χ3n) is 6.32. The number of aryl methyl sites for hydroxylation is 1. The van der Waals surface area contributed by atoms with E-state index in [2.05, 4.69) is 33.7 Å². The molecule has 4 aromatic rings. The molecular weight excluding hydrogens is 454 g/mol. The van der Waals surface area contributed by atoms with Gasteiger partial charge < -0.3 is 15.0 Å². The molecule has 5 rings (SSSR count). The second kappa shape index (κ2) is 9.64. The summed E-state index contributed by atoms with van der Waals surface area (Å²) >= 11 is 0. The van der Waals surface area contributed by atoms with Crippen molar-refractivity contribution in [3.05, 3.63) is 66.2 Å². The van der Waals surface area contributed by atoms with E-state index in [-0.39, 0.29) is 12.0 Å². The van der Waals surface area contributed by atoms with Gasteiger partial charge in [-0.3, -0.25) is 4.68 Å². The fourth-order valence-electron chi connectivity index (χ4n) is 4.58. The Bertz CT molecular complexity index is 1350. The Balaban J connectivity index is 1.49. The summed E-state index contributed by atoms with van der Waals surface area (Å²) < 4.78 is 9.27. The van der Waals surface area contributed by atoms with Crippen molar-refractivity contribution in [3.8, 4) is 11.1 Å². The predicted molar refractivity (Wildman–Crippen MR) is 139 cm³/mol. The molecule has 0 spiro atoms. The minimum Gasteiger partial charge on any atom is -0.444 e. The number of nitrogens with zero attached hydrogens (tertiary/aromatic N) is 6. The summed E-state index contributed by atoms with van der Waals surface area (Å²) in [6.07, 6.45) is 7.22. The number of ether oxygens (including phenoxy) is 1. The Morgan fingerprint density at radius 2 is 1.97 bits per heavy atom. The molecule has 1 saturated heterocycles. The third kappa shape index (κ3) is 5.19. The van der Waals surface area contributed by atoms with E-state index >= 15 is 0 Å². The molecule has 4 heterocycles. The van der Waals surface area contributed by atoms with Crippen molar-refractivity contribution in [1.82, 2.24) is 29.3 Å². The first-order chi connectivity index (χ1) is 17.3. The molecule has 0 saturated carbocycles. The van der Waals surface area contributed by atoms with Crippen LogP contribution in [0.25, 0.3) is 16.8 Å². The fourth-order valence-corrected chi connectivity index (χ4v) is 4.58. The van der Waals surface area contributed by atoms with Gasteiger partial charge in [-0.25, -0.2) is 9.78 Å². The number of nitrogens with one attached hydrogen (secondary N) is 1. The van der Waals surface area contributed by atoms with Gasteiger partial charge in [0, 0.05) is 56.0 Å². The zero-order valence-corrected chi connectivity index (χ0v) is 21.3. The number of aromatic nitrogens is 5. The Labute approximate surface area is 211 Å². The van der Waals surface area contributed by atoms with Crippen molar-refractivity contribution in [2.75, 3.05) is 18.4 Å². The van der Waals surface area contributed by atoms with Gasteiger partial charge in [0.05, 0.1) is 18.1 Å². The summed E-state index contributed by atoms with van der Waals surface area (Å²) in [4.78, 5) is 19.7. The van der Waals surface area contributed by atoms with Gasteiger partial charge >= 0.3 is 6.09 Å². The number of carbonyl (C=O) groups excluding carboxylic acids is 1. The summed E-state index contributed by atoms with van der Waals surface area (Å²) in [5, 5.41) is 12.5. The molecule has 1 aromatic carbocycles. The molecule has 1 amide bonds. The quantitative estimate of drug-likeness (QED) is 0.433. The average molecular weight is 488 g/mol. The zero-order valence-electron chi connectivity index (χ0n) is 21.3. The highest BCUT2D eigenvalue weighted by Crippen LogP contribution is 2.32. The van der Waals surface area contributed by atoms with Crippen LogP contribution in [-0.2, 0) is 18.3 Å². The monoisotopic (exact) mass is 487 g/mol. The highest BCUT2D eigenvalue weighted by molar-refractivity contribution is 5.77. The summed E-state index contributed by atoms with van der Waals surface area (Å²) in [6, 6.07) is 12.3. The standard InChI is InChI=1S/C27H33N7O2/c1-27(2,3)36-26(35)33-12-8-11-20(18-33)23-13-24(28-14-19-9-6-5-7-10-19)34-25(31-23)22(16-30-34)21-15-29-32(4)17-21/h5-7,9-10,13,15-17,20,28H,8,11-12,14,18H2,1-4H3. The largest absolute Gasteiger partial charge is 0.444 e. The van der Waals surface area contributed by atoms with Crippen molar-refractivity contribution < 1.29 is 9.53 Å². The Kier molecular flexibility index (Phi) is 6.38. The van der Waals surface area contributed by atoms with E-state index in [1.54, 1.807) is 9.58 Å². The molecule has 1 atom stereocenters. The number of carbonyl (C=O) groups is 1. The third-order valence-corrected chi connectivity index (χ3v) is 6.32. The van der Waals surface area contributed by atoms with Crippen molar-refractivity contribution >= 4 is 17.6 Å². The number of benzene rings is 1. The second-order valence-electron chi connectivity index (χ2n) is 10.4. The Morgan fingerprint density at radius 1 is 1.17 bits per heavy atom. The Hall–Kier alpha value is -3.88. The molecule has 1 aliphatic heterocycles. The molecule has 1 N–H and O–H groups in total. The lowest BCUT2D eigenvalue weighted by Crippen LogP contribution is -2.42. The van der Waals surface area contributed by atoms with Crippen LogP contribution >= 0.6 is 0 Å². The highest BCUT2D eigenvalue weighted by atomic mass is 16.6. The van der Waals surface area contributed by atoms with E-state index in [0.717, 1.165) is 41.1 Å². The number of piperidine rings is 1. The minimum atomic E-state index is -0.522. The molecule has 36 heavy (non-hydrogen) atoms. The van der Waals surface area contributed by atoms with Gasteiger partial charge in [-0.15, -0.1) is 0 Å². The summed E-state index contributed by atoms with van der Waals surface area (Å²) in [5.41, 5.74) is 4.25. The predicted octanol–water partition coefficient (Wildman–Crippen LogP) is 4.86. The van der Waals surface area contributed by atoms with Gasteiger partial charge in [0.15, 0.2) is 5.65 Å².